The first-order valence-corrected chi connectivity index (χ1v) is 10.0. The number of nitrogens with one attached hydrogen (secondary N) is 2. The molecular weight excluding hydrogens is 332 g/mol. The molecule has 1 aliphatic heterocycles. The van der Waals surface area contributed by atoms with Crippen molar-refractivity contribution in [2.24, 2.45) is 16.0 Å². The molecule has 1 aliphatic carbocycles. The van der Waals surface area contributed by atoms with E-state index in [1.54, 1.807) is 11.8 Å². The topological polar surface area (TPSA) is 65.8 Å². The van der Waals surface area contributed by atoms with Crippen molar-refractivity contribution < 1.29 is 4.79 Å². The zero-order valence-electron chi connectivity index (χ0n) is 14.9. The molecule has 0 saturated heterocycles. The molecule has 25 heavy (non-hydrogen) atoms. The molecule has 1 heterocycles. The number of aliphatic imine (C=N–C) groups is 1. The van der Waals surface area contributed by atoms with E-state index in [4.69, 9.17) is 4.99 Å². The molecule has 2 N–H and O–H groups in total. The first-order valence-electron chi connectivity index (χ1n) is 9.06. The second-order valence-corrected chi connectivity index (χ2v) is 7.87. The molecule has 3 rings (SSSR count). The van der Waals surface area contributed by atoms with Crippen LogP contribution in [0.15, 0.2) is 34.4 Å². The van der Waals surface area contributed by atoms with E-state index in [1.165, 1.54) is 32.1 Å². The number of amidine groups is 1. The number of amides is 1. The van der Waals surface area contributed by atoms with Gasteiger partial charge in [0.25, 0.3) is 0 Å². The van der Waals surface area contributed by atoms with Gasteiger partial charge in [0.15, 0.2) is 5.17 Å². The molecule has 1 fully saturated rings. The van der Waals surface area contributed by atoms with Crippen molar-refractivity contribution in [1.82, 2.24) is 5.43 Å². The summed E-state index contributed by atoms with van der Waals surface area (Å²) in [6.07, 6.45) is 6.33. The van der Waals surface area contributed by atoms with Crippen molar-refractivity contribution in [1.29, 1.82) is 0 Å². The lowest BCUT2D eigenvalue weighted by molar-refractivity contribution is -0.118. The van der Waals surface area contributed by atoms with Crippen LogP contribution in [0, 0.1) is 5.92 Å². The number of carbonyl (C=O) groups is 1. The van der Waals surface area contributed by atoms with E-state index in [-0.39, 0.29) is 11.8 Å². The normalized spacial score (nSPS) is 20.3. The fourth-order valence-corrected chi connectivity index (χ4v) is 3.78. The number of hydrogen-bond acceptors (Lipinski definition) is 4. The second-order valence-electron chi connectivity index (χ2n) is 6.91. The summed E-state index contributed by atoms with van der Waals surface area (Å²) in [6.45, 7) is 3.77. The molecule has 1 aromatic rings. The number of hydrogen-bond donors (Lipinski definition) is 2. The quantitative estimate of drug-likeness (QED) is 0.854. The van der Waals surface area contributed by atoms with Crippen LogP contribution >= 0.6 is 11.8 Å². The van der Waals surface area contributed by atoms with Crippen LogP contribution in [-0.4, -0.2) is 28.6 Å². The molecule has 0 radical (unpaired) electrons. The van der Waals surface area contributed by atoms with E-state index in [9.17, 15) is 4.79 Å². The zero-order valence-corrected chi connectivity index (χ0v) is 15.7. The number of rotatable bonds is 4. The summed E-state index contributed by atoms with van der Waals surface area (Å²) in [5.41, 5.74) is 6.00. The number of thioether (sulfide) groups is 1. The van der Waals surface area contributed by atoms with Crippen molar-refractivity contribution in [2.75, 3.05) is 11.1 Å². The van der Waals surface area contributed by atoms with Crippen LogP contribution in [0.4, 0.5) is 5.69 Å². The van der Waals surface area contributed by atoms with Crippen LogP contribution in [0.1, 0.15) is 51.5 Å². The Morgan fingerprint density at radius 1 is 1.24 bits per heavy atom. The van der Waals surface area contributed by atoms with Crippen LogP contribution < -0.4 is 10.7 Å². The molecule has 0 bridgehead atoms. The molecular formula is C19H26N4OS. The van der Waals surface area contributed by atoms with Gasteiger partial charge in [-0.05, 0) is 30.5 Å². The van der Waals surface area contributed by atoms with Crippen LogP contribution in [0.5, 0.6) is 0 Å². The number of benzene rings is 1. The fourth-order valence-electron chi connectivity index (χ4n) is 2.94. The monoisotopic (exact) mass is 358 g/mol. The number of nitrogens with zero attached hydrogens (tertiary/aromatic N) is 2. The maximum absolute atomic E-state index is 11.7. The van der Waals surface area contributed by atoms with Crippen molar-refractivity contribution in [3.05, 3.63) is 29.8 Å². The average molecular weight is 359 g/mol. The molecule has 0 unspecified atom stereocenters. The Kier molecular flexibility index (Phi) is 6.13. The van der Waals surface area contributed by atoms with Gasteiger partial charge in [-0.25, -0.2) is 0 Å². The Balaban J connectivity index is 1.59. The smallest absolute Gasteiger partial charge is 0.226 e. The number of carbonyl (C=O) groups excluding carboxylic acids is 1. The summed E-state index contributed by atoms with van der Waals surface area (Å²) in [5, 5.41) is 8.34. The van der Waals surface area contributed by atoms with Gasteiger partial charge in [0.05, 0.1) is 11.8 Å². The maximum Gasteiger partial charge on any atom is 0.226 e. The predicted molar refractivity (Wildman–Crippen MR) is 106 cm³/mol. The largest absolute Gasteiger partial charge is 0.326 e. The molecule has 5 nitrogen and oxygen atoms in total. The Labute approximate surface area is 153 Å². The molecule has 0 aromatic heterocycles. The minimum Gasteiger partial charge on any atom is -0.326 e. The van der Waals surface area contributed by atoms with Crippen molar-refractivity contribution in [3.8, 4) is 0 Å². The van der Waals surface area contributed by atoms with E-state index in [2.05, 4.69) is 15.8 Å². The third kappa shape index (κ3) is 5.08. The van der Waals surface area contributed by atoms with Gasteiger partial charge in [-0.1, -0.05) is 57.0 Å². The van der Waals surface area contributed by atoms with Crippen molar-refractivity contribution >= 4 is 34.2 Å². The maximum atomic E-state index is 11.7. The van der Waals surface area contributed by atoms with Gasteiger partial charge >= 0.3 is 0 Å². The Bertz CT molecular complexity index is 661. The van der Waals surface area contributed by atoms with E-state index in [0.717, 1.165) is 27.9 Å². The molecule has 2 aliphatic rings. The van der Waals surface area contributed by atoms with Gasteiger partial charge < -0.3 is 5.32 Å². The van der Waals surface area contributed by atoms with Crippen LogP contribution in [0.25, 0.3) is 0 Å². The standard InChI is InChI=1S/C19H26N4OS/c1-13(2)18(24)20-16-10-8-14(9-11-16)17-12-25-19(23-22-17)21-15-6-4-3-5-7-15/h8-11,13,15H,3-7,12H2,1-2H3,(H,20,24)(H,21,23). The Morgan fingerprint density at radius 3 is 2.56 bits per heavy atom. The average Bonchev–Trinajstić information content (AvgIpc) is 2.64. The first kappa shape index (κ1) is 18.0. The van der Waals surface area contributed by atoms with Gasteiger partial charge in [-0.3, -0.25) is 15.2 Å². The lowest BCUT2D eigenvalue weighted by Gasteiger charge is -2.21. The highest BCUT2D eigenvalue weighted by Gasteiger charge is 2.17. The molecule has 0 spiro atoms. The summed E-state index contributed by atoms with van der Waals surface area (Å²) < 4.78 is 0. The third-order valence-corrected chi connectivity index (χ3v) is 5.40. The second kappa shape index (κ2) is 8.52. The number of hydrazone groups is 1. The van der Waals surface area contributed by atoms with Gasteiger partial charge in [0.2, 0.25) is 5.91 Å². The number of anilines is 1. The molecule has 6 heteroatoms. The lowest BCUT2D eigenvalue weighted by Crippen LogP contribution is -2.27. The highest BCUT2D eigenvalue weighted by Crippen LogP contribution is 2.23. The first-order chi connectivity index (χ1) is 12.1. The van der Waals surface area contributed by atoms with Crippen molar-refractivity contribution in [3.63, 3.8) is 0 Å². The molecule has 1 amide bonds. The highest BCUT2D eigenvalue weighted by molar-refractivity contribution is 8.14. The summed E-state index contributed by atoms with van der Waals surface area (Å²) in [5.74, 6) is 0.824. The van der Waals surface area contributed by atoms with Gasteiger partial charge in [0, 0.05) is 17.4 Å². The summed E-state index contributed by atoms with van der Waals surface area (Å²) in [7, 11) is 0. The fraction of sp³-hybridized carbons (Fsp3) is 0.526. The lowest BCUT2D eigenvalue weighted by atomic mass is 9.96. The van der Waals surface area contributed by atoms with Gasteiger partial charge in [-0.15, -0.1) is 0 Å². The van der Waals surface area contributed by atoms with E-state index in [1.807, 2.05) is 38.1 Å². The van der Waals surface area contributed by atoms with Crippen molar-refractivity contribution in [2.45, 2.75) is 52.0 Å². The van der Waals surface area contributed by atoms with Crippen LogP contribution in [0.2, 0.25) is 0 Å². The third-order valence-electron chi connectivity index (χ3n) is 4.52. The SMILES string of the molecule is CC(C)C(=O)Nc1ccc(C2=NNC(=NC3CCCCC3)SC2)cc1. The van der Waals surface area contributed by atoms with E-state index in [0.29, 0.717) is 6.04 Å². The van der Waals surface area contributed by atoms with Crippen LogP contribution in [0.3, 0.4) is 0 Å². The predicted octanol–water partition coefficient (Wildman–Crippen LogP) is 4.01. The minimum atomic E-state index is -0.0233. The summed E-state index contributed by atoms with van der Waals surface area (Å²) in [6, 6.07) is 8.31. The molecule has 0 atom stereocenters. The Hall–Kier alpha value is -1.82. The summed E-state index contributed by atoms with van der Waals surface area (Å²) >= 11 is 1.72. The van der Waals surface area contributed by atoms with E-state index >= 15 is 0 Å². The van der Waals surface area contributed by atoms with Gasteiger partial charge in [0.1, 0.15) is 0 Å². The Morgan fingerprint density at radius 2 is 1.96 bits per heavy atom. The highest BCUT2D eigenvalue weighted by atomic mass is 32.2. The molecule has 134 valence electrons. The molecule has 1 aromatic carbocycles. The van der Waals surface area contributed by atoms with Gasteiger partial charge in [-0.2, -0.15) is 5.10 Å². The van der Waals surface area contributed by atoms with Crippen LogP contribution in [-0.2, 0) is 4.79 Å². The van der Waals surface area contributed by atoms with E-state index < -0.39 is 0 Å². The zero-order chi connectivity index (χ0) is 17.6. The minimum absolute atomic E-state index is 0.0233. The molecule has 1 saturated carbocycles. The summed E-state index contributed by atoms with van der Waals surface area (Å²) in [4.78, 5) is 16.5.